The predicted molar refractivity (Wildman–Crippen MR) is 75.8 cm³/mol. The summed E-state index contributed by atoms with van der Waals surface area (Å²) in [5.41, 5.74) is 7.47. The largest absolute Gasteiger partial charge is 0.375 e. The molecular weight excluding hydrogens is 243 g/mol. The molecule has 3 atom stereocenters. The number of morpholine rings is 1. The van der Waals surface area contributed by atoms with Crippen molar-refractivity contribution < 1.29 is 9.13 Å². The third-order valence-electron chi connectivity index (χ3n) is 3.73. The highest BCUT2D eigenvalue weighted by atomic mass is 19.1. The van der Waals surface area contributed by atoms with E-state index in [1.807, 2.05) is 19.9 Å². The average Bonchev–Trinajstić information content (AvgIpc) is 2.37. The lowest BCUT2D eigenvalue weighted by Crippen LogP contribution is -2.49. The van der Waals surface area contributed by atoms with Gasteiger partial charge in [0.05, 0.1) is 18.8 Å². The van der Waals surface area contributed by atoms with Crippen molar-refractivity contribution >= 4 is 5.69 Å². The van der Waals surface area contributed by atoms with Gasteiger partial charge in [0.15, 0.2) is 0 Å². The second-order valence-corrected chi connectivity index (χ2v) is 5.32. The molecule has 1 fully saturated rings. The highest BCUT2D eigenvalue weighted by Crippen LogP contribution is 2.31. The molecule has 3 nitrogen and oxygen atoms in total. The van der Waals surface area contributed by atoms with Gasteiger partial charge in [-0.1, -0.05) is 13.0 Å². The lowest BCUT2D eigenvalue weighted by Gasteiger charge is -2.41. The number of ether oxygens (including phenoxy) is 1. The minimum absolute atomic E-state index is 0.159. The smallest absolute Gasteiger partial charge is 0.130 e. The first kappa shape index (κ1) is 14.3. The first-order valence-corrected chi connectivity index (χ1v) is 6.96. The van der Waals surface area contributed by atoms with Crippen LogP contribution in [-0.2, 0) is 4.74 Å². The van der Waals surface area contributed by atoms with Crippen molar-refractivity contribution in [2.75, 3.05) is 18.1 Å². The zero-order valence-electron chi connectivity index (χ0n) is 11.9. The molecule has 0 radical (unpaired) electrons. The fraction of sp³-hybridized carbons (Fsp3) is 0.600. The minimum atomic E-state index is -0.313. The van der Waals surface area contributed by atoms with Crippen molar-refractivity contribution in [2.45, 2.75) is 45.4 Å². The molecule has 1 aliphatic rings. The first-order chi connectivity index (χ1) is 9.04. The Balaban J connectivity index is 2.41. The maximum Gasteiger partial charge on any atom is 0.130 e. The Labute approximate surface area is 114 Å². The summed E-state index contributed by atoms with van der Waals surface area (Å²) in [4.78, 5) is 2.25. The number of nitrogens with two attached hydrogens (primary N) is 1. The Morgan fingerprint density at radius 1 is 1.53 bits per heavy atom. The molecule has 1 aliphatic heterocycles. The molecule has 0 aromatic heterocycles. The van der Waals surface area contributed by atoms with E-state index >= 15 is 0 Å². The molecule has 2 N–H and O–H groups in total. The van der Waals surface area contributed by atoms with Gasteiger partial charge in [0, 0.05) is 23.8 Å². The summed E-state index contributed by atoms with van der Waals surface area (Å²) in [6.45, 7) is 7.46. The fourth-order valence-corrected chi connectivity index (χ4v) is 2.70. The van der Waals surface area contributed by atoms with E-state index in [-0.39, 0.29) is 24.0 Å². The van der Waals surface area contributed by atoms with Crippen LogP contribution in [0.5, 0.6) is 0 Å². The van der Waals surface area contributed by atoms with Gasteiger partial charge in [0.1, 0.15) is 5.82 Å². The van der Waals surface area contributed by atoms with Crippen LogP contribution in [0.15, 0.2) is 18.2 Å². The van der Waals surface area contributed by atoms with E-state index in [0.717, 1.165) is 18.7 Å². The van der Waals surface area contributed by atoms with Crippen LogP contribution >= 0.6 is 0 Å². The standard InChI is InChI=1S/C15H23FN2O/c1-4-12-9-19-10(2)8-18(12)14-7-5-6-13(16)15(14)11(3)17/h5-7,10-12H,4,8-9,17H2,1-3H3/t10?,11-,12?/m1/s1. The van der Waals surface area contributed by atoms with Crippen LogP contribution in [0.4, 0.5) is 10.1 Å². The summed E-state index contributed by atoms with van der Waals surface area (Å²) >= 11 is 0. The highest BCUT2D eigenvalue weighted by Gasteiger charge is 2.28. The fourth-order valence-electron chi connectivity index (χ4n) is 2.70. The lowest BCUT2D eigenvalue weighted by atomic mass is 10.0. The quantitative estimate of drug-likeness (QED) is 0.914. The SMILES string of the molecule is CCC1COC(C)CN1c1cccc(F)c1[C@@H](C)N. The van der Waals surface area contributed by atoms with Crippen molar-refractivity contribution in [3.05, 3.63) is 29.6 Å². The zero-order chi connectivity index (χ0) is 14.0. The van der Waals surface area contributed by atoms with Gasteiger partial charge in [-0.15, -0.1) is 0 Å². The number of hydrogen-bond donors (Lipinski definition) is 1. The van der Waals surface area contributed by atoms with Gasteiger partial charge in [-0.05, 0) is 32.4 Å². The van der Waals surface area contributed by atoms with Gasteiger partial charge in [0.25, 0.3) is 0 Å². The number of rotatable bonds is 3. The molecule has 4 heteroatoms. The van der Waals surface area contributed by atoms with E-state index in [1.165, 1.54) is 6.07 Å². The Morgan fingerprint density at radius 3 is 2.89 bits per heavy atom. The maximum atomic E-state index is 14.0. The van der Waals surface area contributed by atoms with Crippen molar-refractivity contribution in [3.63, 3.8) is 0 Å². The van der Waals surface area contributed by atoms with E-state index < -0.39 is 0 Å². The number of nitrogens with zero attached hydrogens (tertiary/aromatic N) is 1. The third kappa shape index (κ3) is 2.90. The summed E-state index contributed by atoms with van der Waals surface area (Å²) in [6.07, 6.45) is 1.13. The van der Waals surface area contributed by atoms with Crippen molar-refractivity contribution in [1.29, 1.82) is 0 Å². The van der Waals surface area contributed by atoms with Gasteiger partial charge in [0.2, 0.25) is 0 Å². The molecule has 1 heterocycles. The van der Waals surface area contributed by atoms with E-state index in [1.54, 1.807) is 6.07 Å². The van der Waals surface area contributed by atoms with Gasteiger partial charge in [-0.3, -0.25) is 0 Å². The molecule has 0 amide bonds. The average molecular weight is 266 g/mol. The van der Waals surface area contributed by atoms with Crippen LogP contribution in [0.3, 0.4) is 0 Å². The lowest BCUT2D eigenvalue weighted by molar-refractivity contribution is 0.0298. The van der Waals surface area contributed by atoms with Crippen LogP contribution in [0.2, 0.25) is 0 Å². The number of hydrogen-bond acceptors (Lipinski definition) is 3. The number of anilines is 1. The van der Waals surface area contributed by atoms with E-state index in [0.29, 0.717) is 12.2 Å². The molecule has 1 saturated heterocycles. The van der Waals surface area contributed by atoms with Gasteiger partial charge in [-0.2, -0.15) is 0 Å². The molecule has 2 unspecified atom stereocenters. The molecule has 0 bridgehead atoms. The highest BCUT2D eigenvalue weighted by molar-refractivity contribution is 5.56. The summed E-state index contributed by atoms with van der Waals surface area (Å²) in [6, 6.07) is 5.17. The molecule has 19 heavy (non-hydrogen) atoms. The molecular formula is C15H23FN2O. The molecule has 0 saturated carbocycles. The predicted octanol–water partition coefficient (Wildman–Crippen LogP) is 2.85. The van der Waals surface area contributed by atoms with Crippen LogP contribution in [0, 0.1) is 5.82 Å². The van der Waals surface area contributed by atoms with Gasteiger partial charge in [-0.25, -0.2) is 4.39 Å². The van der Waals surface area contributed by atoms with Crippen molar-refractivity contribution in [3.8, 4) is 0 Å². The second-order valence-electron chi connectivity index (χ2n) is 5.32. The van der Waals surface area contributed by atoms with E-state index in [2.05, 4.69) is 11.8 Å². The van der Waals surface area contributed by atoms with Crippen molar-refractivity contribution in [2.24, 2.45) is 5.73 Å². The van der Waals surface area contributed by atoms with E-state index in [9.17, 15) is 4.39 Å². The molecule has 1 aromatic carbocycles. The van der Waals surface area contributed by atoms with Gasteiger partial charge < -0.3 is 15.4 Å². The Hall–Kier alpha value is -1.13. The van der Waals surface area contributed by atoms with Gasteiger partial charge >= 0.3 is 0 Å². The number of halogens is 1. The van der Waals surface area contributed by atoms with Crippen LogP contribution in [0.25, 0.3) is 0 Å². The molecule has 1 aromatic rings. The monoisotopic (exact) mass is 266 g/mol. The number of benzene rings is 1. The zero-order valence-corrected chi connectivity index (χ0v) is 11.9. The summed E-state index contributed by atoms with van der Waals surface area (Å²) < 4.78 is 19.7. The molecule has 106 valence electrons. The Morgan fingerprint density at radius 2 is 2.26 bits per heavy atom. The topological polar surface area (TPSA) is 38.5 Å². The first-order valence-electron chi connectivity index (χ1n) is 6.96. The van der Waals surface area contributed by atoms with E-state index in [4.69, 9.17) is 10.5 Å². The molecule has 2 rings (SSSR count). The van der Waals surface area contributed by atoms with Crippen molar-refractivity contribution in [1.82, 2.24) is 0 Å². The van der Waals surface area contributed by atoms with Crippen LogP contribution < -0.4 is 10.6 Å². The molecule has 0 spiro atoms. The minimum Gasteiger partial charge on any atom is -0.375 e. The second kappa shape index (κ2) is 5.88. The maximum absolute atomic E-state index is 14.0. The summed E-state index contributed by atoms with van der Waals surface area (Å²) in [5.74, 6) is -0.221. The third-order valence-corrected chi connectivity index (χ3v) is 3.73. The normalized spacial score (nSPS) is 25.4. The summed E-state index contributed by atoms with van der Waals surface area (Å²) in [5, 5.41) is 0. The Bertz CT molecular complexity index is 436. The Kier molecular flexibility index (Phi) is 4.42. The summed E-state index contributed by atoms with van der Waals surface area (Å²) in [7, 11) is 0. The van der Waals surface area contributed by atoms with Crippen LogP contribution in [0.1, 0.15) is 38.8 Å². The molecule has 0 aliphatic carbocycles. The van der Waals surface area contributed by atoms with Crippen LogP contribution in [-0.4, -0.2) is 25.3 Å².